The zero-order valence-corrected chi connectivity index (χ0v) is 12.2. The highest BCUT2D eigenvalue weighted by atomic mass is 35.5. The highest BCUT2D eigenvalue weighted by Gasteiger charge is 2.33. The number of fused-ring (bicyclic) bond motifs is 2. The van der Waals surface area contributed by atoms with E-state index in [1.807, 2.05) is 23.1 Å². The molecule has 2 aliphatic heterocycles. The number of aliphatic hydroxyl groups excluding tert-OH is 1. The number of benzene rings is 1. The van der Waals surface area contributed by atoms with Crippen molar-refractivity contribution in [2.45, 2.75) is 37.5 Å². The summed E-state index contributed by atoms with van der Waals surface area (Å²) in [5, 5.41) is 13.7. The topological polar surface area (TPSA) is 52.6 Å². The van der Waals surface area contributed by atoms with Crippen LogP contribution in [0, 0.1) is 0 Å². The fourth-order valence-corrected chi connectivity index (χ4v) is 3.09. The number of hydrogen-bond donors (Lipinski definition) is 2. The lowest BCUT2D eigenvalue weighted by atomic mass is 10.1. The summed E-state index contributed by atoms with van der Waals surface area (Å²) in [4.78, 5) is 14.2. The van der Waals surface area contributed by atoms with Gasteiger partial charge in [-0.2, -0.15) is 0 Å². The van der Waals surface area contributed by atoms with Crippen LogP contribution in [0.5, 0.6) is 0 Å². The third-order valence-electron chi connectivity index (χ3n) is 4.18. The van der Waals surface area contributed by atoms with Crippen LogP contribution in [0.25, 0.3) is 0 Å². The highest BCUT2D eigenvalue weighted by Crippen LogP contribution is 2.23. The van der Waals surface area contributed by atoms with Gasteiger partial charge in [-0.1, -0.05) is 30.3 Å². The van der Waals surface area contributed by atoms with E-state index in [0.717, 1.165) is 25.9 Å². The second-order valence-electron chi connectivity index (χ2n) is 5.52. The van der Waals surface area contributed by atoms with E-state index in [-0.39, 0.29) is 18.3 Å². The Labute approximate surface area is 125 Å². The van der Waals surface area contributed by atoms with Crippen LogP contribution >= 0.6 is 12.4 Å². The van der Waals surface area contributed by atoms with Crippen molar-refractivity contribution in [1.29, 1.82) is 0 Å². The first-order chi connectivity index (χ1) is 9.24. The number of carbonyl (C=O) groups is 1. The maximum Gasteiger partial charge on any atom is 0.256 e. The predicted molar refractivity (Wildman–Crippen MR) is 79.8 cm³/mol. The molecule has 110 valence electrons. The molecule has 20 heavy (non-hydrogen) atoms. The summed E-state index contributed by atoms with van der Waals surface area (Å²) >= 11 is 0. The average Bonchev–Trinajstić information content (AvgIpc) is 2.78. The first-order valence-corrected chi connectivity index (χ1v) is 7.02. The van der Waals surface area contributed by atoms with Gasteiger partial charge in [-0.25, -0.2) is 0 Å². The molecule has 3 rings (SSSR count). The molecule has 0 aromatic heterocycles. The Kier molecular flexibility index (Phi) is 5.02. The molecule has 2 aliphatic rings. The molecule has 2 saturated heterocycles. The highest BCUT2D eigenvalue weighted by molar-refractivity contribution is 5.85. The first kappa shape index (κ1) is 15.3. The smallest absolute Gasteiger partial charge is 0.256 e. The molecule has 3 atom stereocenters. The second kappa shape index (κ2) is 6.57. The van der Waals surface area contributed by atoms with Gasteiger partial charge in [-0.15, -0.1) is 12.4 Å². The molecular weight excluding hydrogens is 276 g/mol. The van der Waals surface area contributed by atoms with Gasteiger partial charge in [0.15, 0.2) is 6.10 Å². The SMILES string of the molecule is Cl.O=C(C(O)c1ccccc1)N1CCC2CCC(C1)N2. The molecule has 0 aliphatic carbocycles. The van der Waals surface area contributed by atoms with Crippen LogP contribution in [0.4, 0.5) is 0 Å². The molecule has 1 aromatic rings. The minimum absolute atomic E-state index is 0. The van der Waals surface area contributed by atoms with E-state index in [1.165, 1.54) is 6.42 Å². The van der Waals surface area contributed by atoms with E-state index in [1.54, 1.807) is 12.1 Å². The molecule has 0 radical (unpaired) electrons. The van der Waals surface area contributed by atoms with E-state index >= 15 is 0 Å². The van der Waals surface area contributed by atoms with Crippen LogP contribution in [0.15, 0.2) is 30.3 Å². The van der Waals surface area contributed by atoms with Crippen LogP contribution in [0.3, 0.4) is 0 Å². The molecule has 3 unspecified atom stereocenters. The van der Waals surface area contributed by atoms with Crippen molar-refractivity contribution in [3.63, 3.8) is 0 Å². The molecule has 1 amide bonds. The zero-order valence-electron chi connectivity index (χ0n) is 11.4. The minimum Gasteiger partial charge on any atom is -0.378 e. The Balaban J connectivity index is 0.00000147. The Bertz CT molecular complexity index is 454. The first-order valence-electron chi connectivity index (χ1n) is 7.02. The van der Waals surface area contributed by atoms with Crippen molar-refractivity contribution in [1.82, 2.24) is 10.2 Å². The summed E-state index contributed by atoms with van der Waals surface area (Å²) in [5.41, 5.74) is 0.676. The van der Waals surface area contributed by atoms with E-state index in [0.29, 0.717) is 17.6 Å². The lowest BCUT2D eigenvalue weighted by Gasteiger charge is -2.26. The van der Waals surface area contributed by atoms with Gasteiger partial charge in [-0.3, -0.25) is 4.79 Å². The number of aliphatic hydroxyl groups is 1. The normalized spacial score (nSPS) is 26.6. The lowest BCUT2D eigenvalue weighted by molar-refractivity contribution is -0.140. The van der Waals surface area contributed by atoms with Crippen molar-refractivity contribution in [2.24, 2.45) is 0 Å². The maximum atomic E-state index is 12.4. The quantitative estimate of drug-likeness (QED) is 0.869. The van der Waals surface area contributed by atoms with Gasteiger partial charge in [0.05, 0.1) is 0 Å². The summed E-state index contributed by atoms with van der Waals surface area (Å²) in [7, 11) is 0. The number of nitrogens with one attached hydrogen (secondary N) is 1. The van der Waals surface area contributed by atoms with Crippen LogP contribution < -0.4 is 5.32 Å². The molecule has 2 N–H and O–H groups in total. The van der Waals surface area contributed by atoms with Gasteiger partial charge < -0.3 is 15.3 Å². The summed E-state index contributed by atoms with van der Waals surface area (Å²) in [6.07, 6.45) is 2.31. The van der Waals surface area contributed by atoms with Crippen molar-refractivity contribution in [3.05, 3.63) is 35.9 Å². The van der Waals surface area contributed by atoms with E-state index in [4.69, 9.17) is 0 Å². The number of nitrogens with zero attached hydrogens (tertiary/aromatic N) is 1. The Morgan fingerprint density at radius 2 is 1.90 bits per heavy atom. The summed E-state index contributed by atoms with van der Waals surface area (Å²) in [6, 6.07) is 10.1. The van der Waals surface area contributed by atoms with Gasteiger partial charge in [-0.05, 0) is 24.8 Å². The van der Waals surface area contributed by atoms with E-state index < -0.39 is 6.10 Å². The average molecular weight is 297 g/mol. The Morgan fingerprint density at radius 3 is 2.65 bits per heavy atom. The van der Waals surface area contributed by atoms with Crippen LogP contribution in [0.2, 0.25) is 0 Å². The maximum absolute atomic E-state index is 12.4. The standard InChI is InChI=1S/C15H20N2O2.ClH/c18-14(11-4-2-1-3-5-11)15(19)17-9-8-12-6-7-13(10-17)16-12;/h1-5,12-14,16,18H,6-10H2;1H. The van der Waals surface area contributed by atoms with Crippen molar-refractivity contribution in [3.8, 4) is 0 Å². The van der Waals surface area contributed by atoms with Crippen molar-refractivity contribution < 1.29 is 9.90 Å². The third kappa shape index (κ3) is 3.14. The third-order valence-corrected chi connectivity index (χ3v) is 4.18. The summed E-state index contributed by atoms with van der Waals surface area (Å²) in [5.74, 6) is -0.166. The van der Waals surface area contributed by atoms with Crippen LogP contribution in [-0.4, -0.2) is 41.1 Å². The molecule has 5 heteroatoms. The van der Waals surface area contributed by atoms with Crippen LogP contribution in [0.1, 0.15) is 30.9 Å². The van der Waals surface area contributed by atoms with Crippen LogP contribution in [-0.2, 0) is 4.79 Å². The predicted octanol–water partition coefficient (Wildman–Crippen LogP) is 1.49. The summed E-state index contributed by atoms with van der Waals surface area (Å²) < 4.78 is 0. The van der Waals surface area contributed by atoms with Gasteiger partial charge in [0.2, 0.25) is 0 Å². The number of amides is 1. The monoisotopic (exact) mass is 296 g/mol. The van der Waals surface area contributed by atoms with E-state index in [2.05, 4.69) is 5.32 Å². The Hall–Kier alpha value is -1.10. The summed E-state index contributed by atoms with van der Waals surface area (Å²) in [6.45, 7) is 1.47. The molecule has 4 nitrogen and oxygen atoms in total. The number of likely N-dealkylation sites (tertiary alicyclic amines) is 1. The second-order valence-corrected chi connectivity index (χ2v) is 5.52. The largest absolute Gasteiger partial charge is 0.378 e. The Morgan fingerprint density at radius 1 is 1.20 bits per heavy atom. The lowest BCUT2D eigenvalue weighted by Crippen LogP contribution is -2.41. The molecule has 0 spiro atoms. The van der Waals surface area contributed by atoms with Gasteiger partial charge in [0, 0.05) is 25.2 Å². The number of carbonyl (C=O) groups excluding carboxylic acids is 1. The number of rotatable bonds is 2. The molecule has 2 heterocycles. The van der Waals surface area contributed by atoms with Crippen molar-refractivity contribution in [2.75, 3.05) is 13.1 Å². The number of halogens is 1. The molecular formula is C15H21ClN2O2. The fourth-order valence-electron chi connectivity index (χ4n) is 3.09. The molecule has 0 saturated carbocycles. The van der Waals surface area contributed by atoms with Crippen molar-refractivity contribution >= 4 is 18.3 Å². The molecule has 1 aromatic carbocycles. The molecule has 2 bridgehead atoms. The van der Waals surface area contributed by atoms with Gasteiger partial charge >= 0.3 is 0 Å². The van der Waals surface area contributed by atoms with Gasteiger partial charge in [0.1, 0.15) is 0 Å². The fraction of sp³-hybridized carbons (Fsp3) is 0.533. The molecule has 2 fully saturated rings. The van der Waals surface area contributed by atoms with E-state index in [9.17, 15) is 9.90 Å². The number of hydrogen-bond acceptors (Lipinski definition) is 3. The van der Waals surface area contributed by atoms with Gasteiger partial charge in [0.25, 0.3) is 5.91 Å². The minimum atomic E-state index is -1.03. The zero-order chi connectivity index (χ0) is 13.2.